The van der Waals surface area contributed by atoms with E-state index in [2.05, 4.69) is 0 Å². The summed E-state index contributed by atoms with van der Waals surface area (Å²) in [6, 6.07) is 14.1. The molecule has 3 rings (SSSR count). The molecule has 0 bridgehead atoms. The van der Waals surface area contributed by atoms with E-state index in [1.807, 2.05) is 44.2 Å². The number of amides is 1. The standard InChI is InChI=1S/C26H36N2O7S/c1-19(2)16-27(36(32,33)23-11-9-22(34-3)10-12-23)17-25(29)24(15-20-7-5-4-6-8-20)28(26(30)31)21-13-14-35-18-21/h4-12,19,21,24-25,29H,13-18H2,1-3H3,(H,30,31)/t21-,24-,25+/m0/s1. The van der Waals surface area contributed by atoms with Gasteiger partial charge in [0.1, 0.15) is 5.75 Å². The number of hydrogen-bond donors (Lipinski definition) is 2. The summed E-state index contributed by atoms with van der Waals surface area (Å²) >= 11 is 0. The van der Waals surface area contributed by atoms with Crippen LogP contribution in [0, 0.1) is 5.92 Å². The number of nitrogens with zero attached hydrogens (tertiary/aromatic N) is 2. The minimum absolute atomic E-state index is 0.0170. The van der Waals surface area contributed by atoms with Crippen molar-refractivity contribution in [2.24, 2.45) is 5.92 Å². The van der Waals surface area contributed by atoms with Crippen LogP contribution in [0.5, 0.6) is 5.75 Å². The Morgan fingerprint density at radius 2 is 1.78 bits per heavy atom. The minimum Gasteiger partial charge on any atom is -0.497 e. The van der Waals surface area contributed by atoms with Crippen molar-refractivity contribution in [3.05, 3.63) is 60.2 Å². The Morgan fingerprint density at radius 1 is 1.11 bits per heavy atom. The van der Waals surface area contributed by atoms with Crippen molar-refractivity contribution in [3.8, 4) is 5.75 Å². The van der Waals surface area contributed by atoms with Gasteiger partial charge in [-0.05, 0) is 48.6 Å². The number of aliphatic hydroxyl groups excluding tert-OH is 1. The summed E-state index contributed by atoms with van der Waals surface area (Å²) in [7, 11) is -2.46. The molecule has 9 nitrogen and oxygen atoms in total. The maximum Gasteiger partial charge on any atom is 0.407 e. The molecule has 1 aliphatic rings. The lowest BCUT2D eigenvalue weighted by Crippen LogP contribution is -2.56. The first-order valence-electron chi connectivity index (χ1n) is 12.1. The minimum atomic E-state index is -3.96. The van der Waals surface area contributed by atoms with Crippen LogP contribution in [0.3, 0.4) is 0 Å². The molecule has 1 heterocycles. The molecule has 36 heavy (non-hydrogen) atoms. The van der Waals surface area contributed by atoms with Crippen LogP contribution < -0.4 is 4.74 Å². The number of sulfonamides is 1. The molecule has 2 aromatic carbocycles. The van der Waals surface area contributed by atoms with E-state index in [-0.39, 0.29) is 36.9 Å². The number of benzene rings is 2. The highest BCUT2D eigenvalue weighted by Crippen LogP contribution is 2.25. The van der Waals surface area contributed by atoms with Crippen LogP contribution in [0.1, 0.15) is 25.8 Å². The van der Waals surface area contributed by atoms with Crippen molar-refractivity contribution in [1.29, 1.82) is 0 Å². The first kappa shape index (κ1) is 27.9. The van der Waals surface area contributed by atoms with Crippen molar-refractivity contribution < 1.29 is 32.9 Å². The molecule has 2 N–H and O–H groups in total. The molecule has 0 radical (unpaired) electrons. The molecule has 10 heteroatoms. The van der Waals surface area contributed by atoms with Crippen LogP contribution in [0.25, 0.3) is 0 Å². The normalized spacial score (nSPS) is 17.8. The first-order chi connectivity index (χ1) is 17.1. The zero-order valence-electron chi connectivity index (χ0n) is 21.0. The number of methoxy groups -OCH3 is 1. The molecule has 1 aliphatic heterocycles. The molecule has 0 aliphatic carbocycles. The van der Waals surface area contributed by atoms with Crippen LogP contribution in [0.15, 0.2) is 59.5 Å². The van der Waals surface area contributed by atoms with Crippen molar-refractivity contribution in [2.75, 3.05) is 33.4 Å². The number of rotatable bonds is 12. The fourth-order valence-corrected chi connectivity index (χ4v) is 6.11. The van der Waals surface area contributed by atoms with Crippen molar-refractivity contribution >= 4 is 16.1 Å². The van der Waals surface area contributed by atoms with E-state index in [1.165, 1.54) is 28.4 Å². The van der Waals surface area contributed by atoms with Crippen molar-refractivity contribution in [3.63, 3.8) is 0 Å². The predicted molar refractivity (Wildman–Crippen MR) is 136 cm³/mol. The summed E-state index contributed by atoms with van der Waals surface area (Å²) in [5.41, 5.74) is 0.847. The second-order valence-corrected chi connectivity index (χ2v) is 11.4. The highest BCUT2D eigenvalue weighted by molar-refractivity contribution is 7.89. The SMILES string of the molecule is COc1ccc(S(=O)(=O)N(CC(C)C)C[C@@H](O)[C@H](Cc2ccccc2)N(C(=O)O)[C@H]2CCOC2)cc1. The van der Waals surface area contributed by atoms with Gasteiger partial charge in [-0.1, -0.05) is 44.2 Å². The molecule has 2 aromatic rings. The third kappa shape index (κ3) is 6.97. The number of ether oxygens (including phenoxy) is 2. The quantitative estimate of drug-likeness (QED) is 0.442. The zero-order chi connectivity index (χ0) is 26.3. The van der Waals surface area contributed by atoms with Gasteiger partial charge in [-0.25, -0.2) is 13.2 Å². The molecule has 1 fully saturated rings. The number of carbonyl (C=O) groups is 1. The van der Waals surface area contributed by atoms with Gasteiger partial charge in [0, 0.05) is 19.7 Å². The highest BCUT2D eigenvalue weighted by atomic mass is 32.2. The van der Waals surface area contributed by atoms with E-state index in [1.54, 1.807) is 12.1 Å². The average molecular weight is 521 g/mol. The molecule has 0 unspecified atom stereocenters. The third-order valence-corrected chi connectivity index (χ3v) is 8.11. The summed E-state index contributed by atoms with van der Waals surface area (Å²) < 4.78 is 38.9. The van der Waals surface area contributed by atoms with Crippen LogP contribution in [0.2, 0.25) is 0 Å². The van der Waals surface area contributed by atoms with Crippen LogP contribution in [0.4, 0.5) is 4.79 Å². The van der Waals surface area contributed by atoms with Crippen LogP contribution >= 0.6 is 0 Å². The van der Waals surface area contributed by atoms with Crippen LogP contribution in [-0.2, 0) is 21.2 Å². The molecule has 0 saturated carbocycles. The summed E-state index contributed by atoms with van der Waals surface area (Å²) in [6.07, 6.45) is -1.68. The lowest BCUT2D eigenvalue weighted by molar-refractivity contribution is 0.0163. The molecule has 3 atom stereocenters. The summed E-state index contributed by atoms with van der Waals surface area (Å²) in [4.78, 5) is 13.7. The Labute approximate surface area is 213 Å². The Kier molecular flexibility index (Phi) is 9.72. The summed E-state index contributed by atoms with van der Waals surface area (Å²) in [6.45, 7) is 4.39. The second kappa shape index (κ2) is 12.5. The monoisotopic (exact) mass is 520 g/mol. The van der Waals surface area contributed by atoms with E-state index >= 15 is 0 Å². The maximum atomic E-state index is 13.6. The number of carboxylic acid groups (broad SMARTS) is 1. The lowest BCUT2D eigenvalue weighted by atomic mass is 9.97. The van der Waals surface area contributed by atoms with E-state index < -0.39 is 34.3 Å². The molecule has 0 spiro atoms. The molecule has 1 saturated heterocycles. The van der Waals surface area contributed by atoms with Gasteiger partial charge in [-0.2, -0.15) is 4.31 Å². The molecular weight excluding hydrogens is 484 g/mol. The van der Waals surface area contributed by atoms with Gasteiger partial charge < -0.3 is 19.7 Å². The molecule has 198 valence electrons. The fraction of sp³-hybridized carbons (Fsp3) is 0.500. The fourth-order valence-electron chi connectivity index (χ4n) is 4.49. The maximum absolute atomic E-state index is 13.6. The number of hydrogen-bond acceptors (Lipinski definition) is 6. The number of aliphatic hydroxyl groups is 1. The summed E-state index contributed by atoms with van der Waals surface area (Å²) in [5.74, 6) is 0.514. The van der Waals surface area contributed by atoms with Gasteiger partial charge in [0.05, 0.1) is 36.8 Å². The summed E-state index contributed by atoms with van der Waals surface area (Å²) in [5, 5.41) is 21.6. The van der Waals surface area contributed by atoms with E-state index in [0.29, 0.717) is 18.8 Å². The Balaban J connectivity index is 1.94. The smallest absolute Gasteiger partial charge is 0.407 e. The van der Waals surface area contributed by atoms with E-state index in [0.717, 1.165) is 5.56 Å². The highest BCUT2D eigenvalue weighted by Gasteiger charge is 2.39. The molecule has 1 amide bonds. The molecule has 0 aromatic heterocycles. The zero-order valence-corrected chi connectivity index (χ0v) is 21.8. The Morgan fingerprint density at radius 3 is 2.31 bits per heavy atom. The largest absolute Gasteiger partial charge is 0.497 e. The van der Waals surface area contributed by atoms with Gasteiger partial charge in [-0.3, -0.25) is 4.90 Å². The van der Waals surface area contributed by atoms with Gasteiger partial charge in [-0.15, -0.1) is 0 Å². The first-order valence-corrected chi connectivity index (χ1v) is 13.5. The van der Waals surface area contributed by atoms with Crippen molar-refractivity contribution in [2.45, 2.75) is 49.8 Å². The third-order valence-electron chi connectivity index (χ3n) is 6.27. The van der Waals surface area contributed by atoms with Gasteiger partial charge in [0.25, 0.3) is 0 Å². The Hall–Kier alpha value is -2.66. The Bertz CT molecular complexity index is 1070. The van der Waals surface area contributed by atoms with Gasteiger partial charge >= 0.3 is 6.09 Å². The van der Waals surface area contributed by atoms with Crippen LogP contribution in [-0.4, -0.2) is 85.5 Å². The molecular formula is C26H36N2O7S. The lowest BCUT2D eigenvalue weighted by Gasteiger charge is -2.38. The van der Waals surface area contributed by atoms with E-state index in [9.17, 15) is 23.4 Å². The van der Waals surface area contributed by atoms with Crippen molar-refractivity contribution in [1.82, 2.24) is 9.21 Å². The van der Waals surface area contributed by atoms with Gasteiger partial charge in [0.2, 0.25) is 10.0 Å². The van der Waals surface area contributed by atoms with E-state index in [4.69, 9.17) is 9.47 Å². The topological polar surface area (TPSA) is 117 Å². The average Bonchev–Trinajstić information content (AvgIpc) is 3.37. The second-order valence-electron chi connectivity index (χ2n) is 9.42. The predicted octanol–water partition coefficient (Wildman–Crippen LogP) is 3.08. The van der Waals surface area contributed by atoms with Gasteiger partial charge in [0.15, 0.2) is 0 Å².